The van der Waals surface area contributed by atoms with Crippen LogP contribution in [0.1, 0.15) is 167 Å². The molecule has 0 nitrogen and oxygen atoms in total. The molecular formula is C34H62F2. The molecule has 0 amide bonds. The highest BCUT2D eigenvalue weighted by molar-refractivity contribution is 4.86. The van der Waals surface area contributed by atoms with Crippen molar-refractivity contribution < 1.29 is 8.78 Å². The van der Waals surface area contributed by atoms with Crippen molar-refractivity contribution in [2.24, 2.45) is 35.5 Å². The van der Waals surface area contributed by atoms with E-state index in [-0.39, 0.29) is 13.3 Å². The smallest absolute Gasteiger partial charge is 0.0894 e. The molecule has 0 unspecified atom stereocenters. The van der Waals surface area contributed by atoms with Gasteiger partial charge in [-0.1, -0.05) is 103 Å². The fraction of sp³-hybridized carbons (Fsp3) is 1.00. The van der Waals surface area contributed by atoms with E-state index in [2.05, 4.69) is 0 Å². The third-order valence-corrected chi connectivity index (χ3v) is 10.9. The molecule has 3 rings (SSSR count). The van der Waals surface area contributed by atoms with E-state index >= 15 is 0 Å². The molecule has 212 valence electrons. The summed E-state index contributed by atoms with van der Waals surface area (Å²) in [5.41, 5.74) is 0. The second-order valence-electron chi connectivity index (χ2n) is 13.4. The second-order valence-corrected chi connectivity index (χ2v) is 13.4. The minimum Gasteiger partial charge on any atom is -0.251 e. The van der Waals surface area contributed by atoms with Gasteiger partial charge in [0.1, 0.15) is 0 Å². The molecule has 36 heavy (non-hydrogen) atoms. The van der Waals surface area contributed by atoms with Crippen molar-refractivity contribution in [1.82, 2.24) is 0 Å². The maximum Gasteiger partial charge on any atom is 0.0894 e. The molecule has 0 aliphatic heterocycles. The van der Waals surface area contributed by atoms with Crippen LogP contribution in [-0.4, -0.2) is 13.3 Å². The Morgan fingerprint density at radius 1 is 0.306 bits per heavy atom. The first-order valence-electron chi connectivity index (χ1n) is 16.9. The Bertz CT molecular complexity index is 495. The normalized spacial score (nSPS) is 31.5. The van der Waals surface area contributed by atoms with Gasteiger partial charge >= 0.3 is 0 Å². The van der Waals surface area contributed by atoms with Crippen molar-refractivity contribution in [3.05, 3.63) is 0 Å². The summed E-state index contributed by atoms with van der Waals surface area (Å²) in [4.78, 5) is 0. The van der Waals surface area contributed by atoms with Crippen molar-refractivity contribution in [1.29, 1.82) is 0 Å². The summed E-state index contributed by atoms with van der Waals surface area (Å²) in [5.74, 6) is 6.21. The lowest BCUT2D eigenvalue weighted by molar-refractivity contribution is 0.102. The number of alkyl halides is 2. The highest BCUT2D eigenvalue weighted by Gasteiger charge is 2.34. The molecule has 0 aromatic carbocycles. The molecule has 0 N–H and O–H groups in total. The van der Waals surface area contributed by atoms with Crippen LogP contribution in [0.5, 0.6) is 0 Å². The van der Waals surface area contributed by atoms with Gasteiger partial charge in [-0.05, 0) is 99.7 Å². The number of hydrogen-bond acceptors (Lipinski definition) is 0. The van der Waals surface area contributed by atoms with Gasteiger partial charge in [-0.3, -0.25) is 8.78 Å². The van der Waals surface area contributed by atoms with Gasteiger partial charge in [-0.25, -0.2) is 0 Å². The van der Waals surface area contributed by atoms with Gasteiger partial charge < -0.3 is 0 Å². The SMILES string of the molecule is FCCCCCCCCCCC1CCC(C2CCC(C3CCC(CCCCCCF)CC3)CC2)CC1. The van der Waals surface area contributed by atoms with Gasteiger partial charge in [-0.15, -0.1) is 0 Å². The predicted molar refractivity (Wildman–Crippen MR) is 153 cm³/mol. The van der Waals surface area contributed by atoms with Crippen LogP contribution in [0.2, 0.25) is 0 Å². The summed E-state index contributed by atoms with van der Waals surface area (Å²) >= 11 is 0. The first-order chi connectivity index (χ1) is 17.8. The molecule has 0 bridgehead atoms. The maximum atomic E-state index is 12.2. The van der Waals surface area contributed by atoms with E-state index < -0.39 is 0 Å². The molecule has 0 atom stereocenters. The molecule has 3 saturated carbocycles. The Kier molecular flexibility index (Phi) is 16.0. The lowest BCUT2D eigenvalue weighted by Crippen LogP contribution is -2.29. The Morgan fingerprint density at radius 3 is 0.861 bits per heavy atom. The van der Waals surface area contributed by atoms with E-state index in [0.717, 1.165) is 61.2 Å². The quantitative estimate of drug-likeness (QED) is 0.161. The fourth-order valence-electron chi connectivity index (χ4n) is 8.45. The van der Waals surface area contributed by atoms with E-state index in [4.69, 9.17) is 0 Å². The number of rotatable bonds is 18. The molecule has 3 fully saturated rings. The minimum atomic E-state index is -0.128. The zero-order valence-electron chi connectivity index (χ0n) is 24.0. The highest BCUT2D eigenvalue weighted by atomic mass is 19.1. The Hall–Kier alpha value is -0.140. The Balaban J connectivity index is 1.17. The van der Waals surface area contributed by atoms with Gasteiger partial charge in [0, 0.05) is 0 Å². The van der Waals surface area contributed by atoms with E-state index in [1.807, 2.05) is 0 Å². The lowest BCUT2D eigenvalue weighted by Gasteiger charge is -2.41. The van der Waals surface area contributed by atoms with Gasteiger partial charge in [0.15, 0.2) is 0 Å². The summed E-state index contributed by atoms with van der Waals surface area (Å²) in [5, 5.41) is 0. The van der Waals surface area contributed by atoms with Crippen LogP contribution in [0.15, 0.2) is 0 Å². The van der Waals surface area contributed by atoms with E-state index in [0.29, 0.717) is 0 Å². The topological polar surface area (TPSA) is 0 Å². The van der Waals surface area contributed by atoms with Gasteiger partial charge in [-0.2, -0.15) is 0 Å². The zero-order valence-corrected chi connectivity index (χ0v) is 24.0. The van der Waals surface area contributed by atoms with Crippen molar-refractivity contribution in [3.63, 3.8) is 0 Å². The molecule has 3 aliphatic carbocycles. The molecule has 2 heteroatoms. The third-order valence-electron chi connectivity index (χ3n) is 10.9. The van der Waals surface area contributed by atoms with Crippen molar-refractivity contribution in [2.75, 3.05) is 13.3 Å². The van der Waals surface area contributed by atoms with Crippen LogP contribution < -0.4 is 0 Å². The van der Waals surface area contributed by atoms with Crippen LogP contribution in [0.3, 0.4) is 0 Å². The number of halogens is 2. The molecule has 0 radical (unpaired) electrons. The summed E-state index contributed by atoms with van der Waals surface area (Å²) in [6.07, 6.45) is 35.7. The Labute approximate surface area is 224 Å². The number of hydrogen-bond donors (Lipinski definition) is 0. The maximum absolute atomic E-state index is 12.2. The summed E-state index contributed by atoms with van der Waals surface area (Å²) in [6, 6.07) is 0. The molecule has 0 aromatic rings. The molecule has 0 heterocycles. The van der Waals surface area contributed by atoms with Crippen LogP contribution in [-0.2, 0) is 0 Å². The molecule has 0 spiro atoms. The van der Waals surface area contributed by atoms with Gasteiger partial charge in [0.05, 0.1) is 13.3 Å². The van der Waals surface area contributed by atoms with E-state index in [1.54, 1.807) is 12.8 Å². The third kappa shape index (κ3) is 11.7. The van der Waals surface area contributed by atoms with Crippen LogP contribution >= 0.6 is 0 Å². The first-order valence-corrected chi connectivity index (χ1v) is 16.9. The molecule has 0 aromatic heterocycles. The summed E-state index contributed by atoms with van der Waals surface area (Å²) < 4.78 is 24.4. The van der Waals surface area contributed by atoms with Crippen LogP contribution in [0, 0.1) is 35.5 Å². The van der Waals surface area contributed by atoms with Crippen molar-refractivity contribution >= 4 is 0 Å². The molecular weight excluding hydrogens is 446 g/mol. The van der Waals surface area contributed by atoms with Crippen molar-refractivity contribution in [2.45, 2.75) is 167 Å². The fourth-order valence-corrected chi connectivity index (χ4v) is 8.45. The second kappa shape index (κ2) is 19.0. The van der Waals surface area contributed by atoms with E-state index in [9.17, 15) is 8.78 Å². The van der Waals surface area contributed by atoms with Gasteiger partial charge in [0.25, 0.3) is 0 Å². The largest absolute Gasteiger partial charge is 0.251 e. The molecule has 3 aliphatic rings. The standard InChI is InChI=1S/C34H62F2/c35-27-11-7-4-2-1-3-5-9-13-29-15-19-31(20-16-29)33-23-25-34(26-24-33)32-21-17-30(18-22-32)14-10-6-8-12-28-36/h29-34H,1-28H2. The van der Waals surface area contributed by atoms with Crippen molar-refractivity contribution in [3.8, 4) is 0 Å². The minimum absolute atomic E-state index is 0.124. The summed E-state index contributed by atoms with van der Waals surface area (Å²) in [7, 11) is 0. The highest BCUT2D eigenvalue weighted by Crippen LogP contribution is 2.46. The zero-order chi connectivity index (χ0) is 25.3. The predicted octanol–water partition coefficient (Wildman–Crippen LogP) is 11.8. The van der Waals surface area contributed by atoms with Gasteiger partial charge in [0.2, 0.25) is 0 Å². The lowest BCUT2D eigenvalue weighted by atomic mass is 9.64. The van der Waals surface area contributed by atoms with E-state index in [1.165, 1.54) is 128 Å². The number of unbranched alkanes of at least 4 members (excludes halogenated alkanes) is 10. The average Bonchev–Trinajstić information content (AvgIpc) is 2.93. The molecule has 0 saturated heterocycles. The first kappa shape index (κ1) is 30.4. The van der Waals surface area contributed by atoms with Crippen LogP contribution in [0.4, 0.5) is 8.78 Å². The average molecular weight is 509 g/mol. The summed E-state index contributed by atoms with van der Waals surface area (Å²) in [6.45, 7) is -0.253. The Morgan fingerprint density at radius 2 is 0.556 bits per heavy atom. The van der Waals surface area contributed by atoms with Crippen LogP contribution in [0.25, 0.3) is 0 Å². The monoisotopic (exact) mass is 508 g/mol.